The molecule has 0 saturated heterocycles. The van der Waals surface area contributed by atoms with Crippen molar-refractivity contribution in [1.29, 1.82) is 0 Å². The largest absolute Gasteiger partial charge is 0.361 e. The van der Waals surface area contributed by atoms with Gasteiger partial charge in [0.1, 0.15) is 0 Å². The van der Waals surface area contributed by atoms with Crippen molar-refractivity contribution in [3.8, 4) is 0 Å². The number of nitrogens with one attached hydrogen (secondary N) is 1. The summed E-state index contributed by atoms with van der Waals surface area (Å²) in [6, 6.07) is 8.32. The minimum Gasteiger partial charge on any atom is -0.361 e. The van der Waals surface area contributed by atoms with E-state index in [0.717, 1.165) is 5.52 Å². The predicted molar refractivity (Wildman–Crippen MR) is 58.1 cm³/mol. The molecule has 13 heavy (non-hydrogen) atoms. The molecule has 1 heterocycles. The standard InChI is InChI=1S/C10H12N2.ClH/c1-7(11)8-3-2-4-10-9(8)5-6-12-10;/h2-7,12H,11H2,1H3;1H. The van der Waals surface area contributed by atoms with Crippen molar-refractivity contribution in [2.45, 2.75) is 13.0 Å². The molecule has 1 aromatic heterocycles. The number of aromatic amines is 1. The Hall–Kier alpha value is -0.990. The Morgan fingerprint density at radius 2 is 2.08 bits per heavy atom. The number of benzene rings is 1. The van der Waals surface area contributed by atoms with Gasteiger partial charge in [-0.2, -0.15) is 0 Å². The maximum absolute atomic E-state index is 5.83. The van der Waals surface area contributed by atoms with Crippen molar-refractivity contribution in [3.05, 3.63) is 36.0 Å². The molecule has 3 N–H and O–H groups in total. The number of nitrogens with two attached hydrogens (primary N) is 1. The van der Waals surface area contributed by atoms with E-state index in [2.05, 4.69) is 23.2 Å². The highest BCUT2D eigenvalue weighted by molar-refractivity contribution is 5.85. The molecular formula is C10H13ClN2. The molecular weight excluding hydrogens is 184 g/mol. The number of fused-ring (bicyclic) bond motifs is 1. The van der Waals surface area contributed by atoms with E-state index in [4.69, 9.17) is 5.73 Å². The lowest BCUT2D eigenvalue weighted by molar-refractivity contribution is 0.827. The van der Waals surface area contributed by atoms with Crippen LogP contribution in [0.15, 0.2) is 30.5 Å². The smallest absolute Gasteiger partial charge is 0.0457 e. The molecule has 0 aliphatic heterocycles. The van der Waals surface area contributed by atoms with Crippen LogP contribution in [0.3, 0.4) is 0 Å². The number of hydrogen-bond donors (Lipinski definition) is 2. The fraction of sp³-hybridized carbons (Fsp3) is 0.200. The Labute approximate surface area is 83.5 Å². The van der Waals surface area contributed by atoms with E-state index < -0.39 is 0 Å². The third kappa shape index (κ3) is 1.69. The monoisotopic (exact) mass is 196 g/mol. The minimum absolute atomic E-state index is 0. The van der Waals surface area contributed by atoms with E-state index in [9.17, 15) is 0 Å². The molecule has 1 aromatic carbocycles. The van der Waals surface area contributed by atoms with E-state index in [-0.39, 0.29) is 18.4 Å². The fourth-order valence-electron chi connectivity index (χ4n) is 1.51. The molecule has 0 aliphatic carbocycles. The number of halogens is 1. The van der Waals surface area contributed by atoms with Crippen molar-refractivity contribution in [3.63, 3.8) is 0 Å². The summed E-state index contributed by atoms with van der Waals surface area (Å²) in [5.74, 6) is 0. The van der Waals surface area contributed by atoms with Gasteiger partial charge in [0.15, 0.2) is 0 Å². The van der Waals surface area contributed by atoms with Crippen LogP contribution in [0.1, 0.15) is 18.5 Å². The van der Waals surface area contributed by atoms with Crippen LogP contribution >= 0.6 is 12.4 Å². The van der Waals surface area contributed by atoms with Gasteiger partial charge in [0.05, 0.1) is 0 Å². The number of hydrogen-bond acceptors (Lipinski definition) is 1. The molecule has 0 amide bonds. The Morgan fingerprint density at radius 3 is 2.77 bits per heavy atom. The lowest BCUT2D eigenvalue weighted by Crippen LogP contribution is -2.04. The first-order chi connectivity index (χ1) is 5.79. The van der Waals surface area contributed by atoms with E-state index >= 15 is 0 Å². The molecule has 0 aliphatic rings. The first-order valence-corrected chi connectivity index (χ1v) is 4.10. The van der Waals surface area contributed by atoms with E-state index in [1.54, 1.807) is 0 Å². The molecule has 70 valence electrons. The average Bonchev–Trinajstić information content (AvgIpc) is 2.49. The SMILES string of the molecule is CC(N)c1cccc2[nH]ccc12.Cl. The zero-order valence-corrected chi connectivity index (χ0v) is 8.27. The number of aromatic nitrogens is 1. The third-order valence-corrected chi connectivity index (χ3v) is 2.12. The van der Waals surface area contributed by atoms with Crippen molar-refractivity contribution in [2.75, 3.05) is 0 Å². The van der Waals surface area contributed by atoms with Crippen LogP contribution in [0.4, 0.5) is 0 Å². The van der Waals surface area contributed by atoms with Gasteiger partial charge < -0.3 is 10.7 Å². The van der Waals surface area contributed by atoms with Crippen molar-refractivity contribution < 1.29 is 0 Å². The molecule has 2 rings (SSSR count). The normalized spacial score (nSPS) is 12.5. The van der Waals surface area contributed by atoms with Gasteiger partial charge >= 0.3 is 0 Å². The van der Waals surface area contributed by atoms with Crippen LogP contribution in [0.25, 0.3) is 10.9 Å². The van der Waals surface area contributed by atoms with Gasteiger partial charge in [-0.1, -0.05) is 12.1 Å². The first kappa shape index (κ1) is 10.1. The van der Waals surface area contributed by atoms with Crippen molar-refractivity contribution >= 4 is 23.3 Å². The number of rotatable bonds is 1. The summed E-state index contributed by atoms with van der Waals surface area (Å²) in [6.45, 7) is 2.00. The Bertz CT molecular complexity index is 392. The molecule has 2 nitrogen and oxygen atoms in total. The number of H-pyrrole nitrogens is 1. The summed E-state index contributed by atoms with van der Waals surface area (Å²) in [7, 11) is 0. The highest BCUT2D eigenvalue weighted by Gasteiger charge is 2.04. The van der Waals surface area contributed by atoms with Gasteiger partial charge in [0.25, 0.3) is 0 Å². The average molecular weight is 197 g/mol. The zero-order chi connectivity index (χ0) is 8.55. The van der Waals surface area contributed by atoms with Gasteiger partial charge in [-0.15, -0.1) is 12.4 Å². The summed E-state index contributed by atoms with van der Waals surface area (Å²) in [4.78, 5) is 3.16. The third-order valence-electron chi connectivity index (χ3n) is 2.12. The summed E-state index contributed by atoms with van der Waals surface area (Å²) >= 11 is 0. The maximum Gasteiger partial charge on any atom is 0.0457 e. The highest BCUT2D eigenvalue weighted by Crippen LogP contribution is 2.21. The lowest BCUT2D eigenvalue weighted by atomic mass is 10.1. The van der Waals surface area contributed by atoms with Crippen LogP contribution in [0.2, 0.25) is 0 Å². The van der Waals surface area contributed by atoms with Crippen LogP contribution in [-0.4, -0.2) is 4.98 Å². The molecule has 0 saturated carbocycles. The molecule has 1 unspecified atom stereocenters. The Kier molecular flexibility index (Phi) is 2.96. The van der Waals surface area contributed by atoms with Crippen molar-refractivity contribution in [1.82, 2.24) is 4.98 Å². The summed E-state index contributed by atoms with van der Waals surface area (Å²) < 4.78 is 0. The summed E-state index contributed by atoms with van der Waals surface area (Å²) in [6.07, 6.45) is 1.94. The summed E-state index contributed by atoms with van der Waals surface area (Å²) in [5.41, 5.74) is 8.18. The first-order valence-electron chi connectivity index (χ1n) is 4.10. The fourth-order valence-corrected chi connectivity index (χ4v) is 1.51. The molecule has 2 aromatic rings. The zero-order valence-electron chi connectivity index (χ0n) is 7.45. The van der Waals surface area contributed by atoms with Gasteiger partial charge in [0, 0.05) is 23.1 Å². The maximum atomic E-state index is 5.83. The van der Waals surface area contributed by atoms with Crippen LogP contribution in [0, 0.1) is 0 Å². The molecule has 0 fully saturated rings. The molecule has 1 atom stereocenters. The van der Waals surface area contributed by atoms with Crippen molar-refractivity contribution in [2.24, 2.45) is 5.73 Å². The second-order valence-electron chi connectivity index (χ2n) is 3.07. The summed E-state index contributed by atoms with van der Waals surface area (Å²) in [5, 5.41) is 1.23. The molecule has 0 spiro atoms. The highest BCUT2D eigenvalue weighted by atomic mass is 35.5. The van der Waals surface area contributed by atoms with E-state index in [1.807, 2.05) is 19.2 Å². The second-order valence-corrected chi connectivity index (χ2v) is 3.07. The van der Waals surface area contributed by atoms with E-state index in [0.29, 0.717) is 0 Å². The van der Waals surface area contributed by atoms with Gasteiger partial charge in [-0.3, -0.25) is 0 Å². The van der Waals surface area contributed by atoms with Crippen LogP contribution in [0.5, 0.6) is 0 Å². The van der Waals surface area contributed by atoms with Gasteiger partial charge in [-0.25, -0.2) is 0 Å². The van der Waals surface area contributed by atoms with E-state index in [1.165, 1.54) is 10.9 Å². The van der Waals surface area contributed by atoms with Gasteiger partial charge in [-0.05, 0) is 24.6 Å². The van der Waals surface area contributed by atoms with Crippen LogP contribution in [-0.2, 0) is 0 Å². The minimum atomic E-state index is 0. The molecule has 0 radical (unpaired) electrons. The predicted octanol–water partition coefficient (Wildman–Crippen LogP) is 2.61. The Balaban J connectivity index is 0.000000845. The van der Waals surface area contributed by atoms with Crippen LogP contribution < -0.4 is 5.73 Å². The molecule has 0 bridgehead atoms. The Morgan fingerprint density at radius 1 is 1.31 bits per heavy atom. The topological polar surface area (TPSA) is 41.8 Å². The lowest BCUT2D eigenvalue weighted by Gasteiger charge is -2.06. The quantitative estimate of drug-likeness (QED) is 0.724. The van der Waals surface area contributed by atoms with Gasteiger partial charge in [0.2, 0.25) is 0 Å². The second kappa shape index (κ2) is 3.81. The molecule has 3 heteroatoms.